The van der Waals surface area contributed by atoms with E-state index in [1.807, 2.05) is 0 Å². The predicted molar refractivity (Wildman–Crippen MR) is 77.5 cm³/mol. The lowest BCUT2D eigenvalue weighted by Crippen LogP contribution is -2.60. The number of hydrazine groups is 1. The van der Waals surface area contributed by atoms with E-state index in [1.54, 1.807) is 0 Å². The number of hydrogen-bond donors (Lipinski definition) is 2. The molecule has 118 valence electrons. The quantitative estimate of drug-likeness (QED) is 0.604. The Kier molecular flexibility index (Phi) is 5.03. The van der Waals surface area contributed by atoms with Crippen LogP contribution in [0.2, 0.25) is 0 Å². The zero-order valence-electron chi connectivity index (χ0n) is 12.8. The summed E-state index contributed by atoms with van der Waals surface area (Å²) in [4.78, 5) is 2.26. The number of halogens is 2. The minimum atomic E-state index is -2.47. The first-order valence-electron chi connectivity index (χ1n) is 7.91. The van der Waals surface area contributed by atoms with Crippen LogP contribution in [-0.4, -0.2) is 36.5 Å². The van der Waals surface area contributed by atoms with E-state index in [1.165, 1.54) is 12.8 Å². The van der Waals surface area contributed by atoms with Gasteiger partial charge in [0.2, 0.25) is 5.92 Å². The Morgan fingerprint density at radius 3 is 2.35 bits per heavy atom. The maximum Gasteiger partial charge on any atom is 0.248 e. The monoisotopic (exact) mass is 289 g/mol. The first kappa shape index (κ1) is 16.1. The summed E-state index contributed by atoms with van der Waals surface area (Å²) >= 11 is 0. The van der Waals surface area contributed by atoms with Crippen LogP contribution in [0.4, 0.5) is 8.78 Å². The summed E-state index contributed by atoms with van der Waals surface area (Å²) in [5, 5.41) is 0. The van der Waals surface area contributed by atoms with Crippen LogP contribution in [0.3, 0.4) is 0 Å². The molecule has 0 radical (unpaired) electrons. The van der Waals surface area contributed by atoms with Gasteiger partial charge in [0.15, 0.2) is 0 Å². The summed E-state index contributed by atoms with van der Waals surface area (Å²) in [6, 6.07) is 0.110. The molecule has 2 unspecified atom stereocenters. The van der Waals surface area contributed by atoms with Crippen LogP contribution in [0.5, 0.6) is 0 Å². The summed E-state index contributed by atoms with van der Waals surface area (Å²) in [5.41, 5.74) is 3.00. The van der Waals surface area contributed by atoms with E-state index in [2.05, 4.69) is 24.4 Å². The smallest absolute Gasteiger partial charge is 0.248 e. The van der Waals surface area contributed by atoms with E-state index in [9.17, 15) is 8.78 Å². The molecule has 0 saturated heterocycles. The molecular weight excluding hydrogens is 260 g/mol. The molecular formula is C15H29F2N3. The van der Waals surface area contributed by atoms with Crippen LogP contribution >= 0.6 is 0 Å². The maximum absolute atomic E-state index is 13.6. The number of nitrogens with zero attached hydrogens (tertiary/aromatic N) is 1. The largest absolute Gasteiger partial charge is 0.302 e. The van der Waals surface area contributed by atoms with Gasteiger partial charge in [0.25, 0.3) is 0 Å². The lowest BCUT2D eigenvalue weighted by Gasteiger charge is -2.45. The van der Waals surface area contributed by atoms with Crippen LogP contribution in [0, 0.1) is 5.92 Å². The first-order chi connectivity index (χ1) is 9.39. The average molecular weight is 289 g/mol. The van der Waals surface area contributed by atoms with Crippen LogP contribution in [0.15, 0.2) is 0 Å². The molecule has 2 saturated carbocycles. The fourth-order valence-electron chi connectivity index (χ4n) is 4.35. The van der Waals surface area contributed by atoms with Crippen molar-refractivity contribution in [1.82, 2.24) is 10.3 Å². The van der Waals surface area contributed by atoms with Crippen LogP contribution < -0.4 is 11.3 Å². The van der Waals surface area contributed by atoms with Crippen LogP contribution in [-0.2, 0) is 0 Å². The van der Waals surface area contributed by atoms with Crippen molar-refractivity contribution in [3.63, 3.8) is 0 Å². The van der Waals surface area contributed by atoms with Gasteiger partial charge in [-0.05, 0) is 52.1 Å². The Morgan fingerprint density at radius 1 is 1.20 bits per heavy atom. The Bertz CT molecular complexity index is 314. The van der Waals surface area contributed by atoms with Crippen molar-refractivity contribution in [2.75, 3.05) is 14.1 Å². The van der Waals surface area contributed by atoms with Crippen LogP contribution in [0.1, 0.15) is 57.8 Å². The summed E-state index contributed by atoms with van der Waals surface area (Å²) < 4.78 is 27.2. The van der Waals surface area contributed by atoms with Crippen molar-refractivity contribution in [1.29, 1.82) is 0 Å². The van der Waals surface area contributed by atoms with Gasteiger partial charge in [0.1, 0.15) is 0 Å². The van der Waals surface area contributed by atoms with Gasteiger partial charge in [-0.25, -0.2) is 8.78 Å². The van der Waals surface area contributed by atoms with E-state index in [4.69, 9.17) is 5.84 Å². The highest BCUT2D eigenvalue weighted by atomic mass is 19.3. The zero-order valence-corrected chi connectivity index (χ0v) is 12.8. The highest BCUT2D eigenvalue weighted by molar-refractivity contribution is 5.02. The molecule has 3 nitrogen and oxygen atoms in total. The highest BCUT2D eigenvalue weighted by Gasteiger charge is 2.45. The molecule has 2 aliphatic carbocycles. The summed E-state index contributed by atoms with van der Waals surface area (Å²) in [6.45, 7) is 0. The third-order valence-corrected chi connectivity index (χ3v) is 5.52. The number of rotatable bonds is 5. The van der Waals surface area contributed by atoms with Crippen molar-refractivity contribution in [2.45, 2.75) is 75.3 Å². The molecule has 0 aliphatic heterocycles. The topological polar surface area (TPSA) is 41.3 Å². The van der Waals surface area contributed by atoms with Gasteiger partial charge in [-0.3, -0.25) is 11.3 Å². The normalized spacial score (nSPS) is 30.6. The molecule has 0 aromatic carbocycles. The summed E-state index contributed by atoms with van der Waals surface area (Å²) in [5.74, 6) is 3.42. The standard InChI is InChI=1S/C15H29F2N3/c1-20(2)14(7-3-4-8-14)13(19-18)10-12-6-5-9-15(16,17)11-12/h12-13,19H,3-11,18H2,1-2H3. The lowest BCUT2D eigenvalue weighted by molar-refractivity contribution is -0.0579. The van der Waals surface area contributed by atoms with Crippen molar-refractivity contribution in [3.8, 4) is 0 Å². The molecule has 0 bridgehead atoms. The molecule has 0 aromatic rings. The predicted octanol–water partition coefficient (Wildman–Crippen LogP) is 2.91. The Labute approximate surface area is 121 Å². The Morgan fingerprint density at radius 2 is 1.85 bits per heavy atom. The molecule has 0 spiro atoms. The lowest BCUT2D eigenvalue weighted by atomic mass is 9.76. The number of likely N-dealkylation sites (N-methyl/N-ethyl adjacent to an activating group) is 1. The van der Waals surface area contributed by atoms with E-state index >= 15 is 0 Å². The van der Waals surface area contributed by atoms with Gasteiger partial charge in [-0.2, -0.15) is 0 Å². The Balaban J connectivity index is 2.04. The highest BCUT2D eigenvalue weighted by Crippen LogP contribution is 2.43. The SMILES string of the molecule is CN(C)C1(C(CC2CCCC(F)(F)C2)NN)CCCC1. The molecule has 3 N–H and O–H groups in total. The van der Waals surface area contributed by atoms with Gasteiger partial charge in [-0.15, -0.1) is 0 Å². The van der Waals surface area contributed by atoms with Gasteiger partial charge < -0.3 is 4.90 Å². The summed E-state index contributed by atoms with van der Waals surface area (Å²) in [6.07, 6.45) is 7.05. The zero-order chi connectivity index (χ0) is 14.8. The number of alkyl halides is 2. The minimum absolute atomic E-state index is 0.0364. The molecule has 2 fully saturated rings. The van der Waals surface area contributed by atoms with Crippen molar-refractivity contribution >= 4 is 0 Å². The maximum atomic E-state index is 13.6. The number of nitrogens with two attached hydrogens (primary N) is 1. The average Bonchev–Trinajstić information content (AvgIpc) is 2.85. The summed E-state index contributed by atoms with van der Waals surface area (Å²) in [7, 11) is 4.18. The minimum Gasteiger partial charge on any atom is -0.302 e. The van der Waals surface area contributed by atoms with Gasteiger partial charge >= 0.3 is 0 Å². The van der Waals surface area contributed by atoms with Crippen LogP contribution in [0.25, 0.3) is 0 Å². The van der Waals surface area contributed by atoms with E-state index in [0.29, 0.717) is 6.42 Å². The molecule has 2 aliphatic rings. The molecule has 2 atom stereocenters. The van der Waals surface area contributed by atoms with Crippen molar-refractivity contribution in [2.24, 2.45) is 11.8 Å². The van der Waals surface area contributed by atoms with E-state index in [0.717, 1.165) is 25.7 Å². The van der Waals surface area contributed by atoms with Gasteiger partial charge in [0, 0.05) is 24.4 Å². The number of hydrogen-bond acceptors (Lipinski definition) is 3. The fraction of sp³-hybridized carbons (Fsp3) is 1.00. The van der Waals surface area contributed by atoms with E-state index < -0.39 is 5.92 Å². The van der Waals surface area contributed by atoms with E-state index in [-0.39, 0.29) is 30.3 Å². The Hall–Kier alpha value is -0.260. The second-order valence-corrected chi connectivity index (χ2v) is 6.98. The van der Waals surface area contributed by atoms with Gasteiger partial charge in [-0.1, -0.05) is 12.8 Å². The number of nitrogens with one attached hydrogen (secondary N) is 1. The molecule has 0 aromatic heterocycles. The molecule has 2 rings (SSSR count). The fourth-order valence-corrected chi connectivity index (χ4v) is 4.35. The molecule has 20 heavy (non-hydrogen) atoms. The molecule has 0 heterocycles. The third-order valence-electron chi connectivity index (χ3n) is 5.52. The van der Waals surface area contributed by atoms with Gasteiger partial charge in [0.05, 0.1) is 0 Å². The first-order valence-corrected chi connectivity index (χ1v) is 7.91. The third kappa shape index (κ3) is 3.31. The molecule has 5 heteroatoms. The second-order valence-electron chi connectivity index (χ2n) is 6.98. The van der Waals surface area contributed by atoms with Crippen molar-refractivity contribution in [3.05, 3.63) is 0 Å². The second kappa shape index (κ2) is 6.24. The van der Waals surface area contributed by atoms with Crippen molar-refractivity contribution < 1.29 is 8.78 Å². The molecule has 0 amide bonds.